The minimum absolute atomic E-state index is 0.0931. The van der Waals surface area contributed by atoms with Gasteiger partial charge in [-0.3, -0.25) is 0 Å². The zero-order chi connectivity index (χ0) is 20.7. The SMILES string of the molecule is CC(C)C1=N[C@H]2[C@@H](O1)O[C@H](CO)[C@@H](O)[C@@H]2O[C@@H]1O[C@H](C(=O)O)[C@@H](O)[C@H](O)[C@H]1O. The van der Waals surface area contributed by atoms with Crippen molar-refractivity contribution in [3.8, 4) is 0 Å². The van der Waals surface area contributed by atoms with Crippen molar-refractivity contribution in [2.75, 3.05) is 6.61 Å². The molecule has 12 nitrogen and oxygen atoms in total. The van der Waals surface area contributed by atoms with Gasteiger partial charge in [0.1, 0.15) is 42.7 Å². The van der Waals surface area contributed by atoms with E-state index >= 15 is 0 Å². The largest absolute Gasteiger partial charge is 0.479 e. The molecular formula is C16H25NO11. The minimum Gasteiger partial charge on any atom is -0.479 e. The number of ether oxygens (including phenoxy) is 4. The molecule has 12 heteroatoms. The average molecular weight is 407 g/mol. The first-order chi connectivity index (χ1) is 13.1. The maximum atomic E-state index is 11.2. The van der Waals surface area contributed by atoms with Crippen molar-refractivity contribution in [3.05, 3.63) is 0 Å². The average Bonchev–Trinajstić information content (AvgIpc) is 3.07. The highest BCUT2D eigenvalue weighted by Crippen LogP contribution is 2.34. The molecule has 28 heavy (non-hydrogen) atoms. The molecule has 2 saturated heterocycles. The van der Waals surface area contributed by atoms with Crippen LogP contribution >= 0.6 is 0 Å². The monoisotopic (exact) mass is 407 g/mol. The Kier molecular flexibility index (Phi) is 6.22. The van der Waals surface area contributed by atoms with Crippen LogP contribution in [0.5, 0.6) is 0 Å². The highest BCUT2D eigenvalue weighted by Gasteiger charge is 2.54. The van der Waals surface area contributed by atoms with Crippen LogP contribution in [0.15, 0.2) is 4.99 Å². The summed E-state index contributed by atoms with van der Waals surface area (Å²) in [5.74, 6) is -1.31. The second-order valence-corrected chi connectivity index (χ2v) is 7.28. The van der Waals surface area contributed by atoms with E-state index < -0.39 is 73.9 Å². The first kappa shape index (κ1) is 21.3. The van der Waals surface area contributed by atoms with Crippen LogP contribution in [0.25, 0.3) is 0 Å². The van der Waals surface area contributed by atoms with Crippen molar-refractivity contribution >= 4 is 11.9 Å². The van der Waals surface area contributed by atoms with E-state index in [-0.39, 0.29) is 5.92 Å². The molecule has 3 aliphatic rings. The Morgan fingerprint density at radius 1 is 1.11 bits per heavy atom. The predicted octanol–water partition coefficient (Wildman–Crippen LogP) is -3.20. The third-order valence-corrected chi connectivity index (χ3v) is 4.93. The summed E-state index contributed by atoms with van der Waals surface area (Å²) in [6.07, 6.45) is -13.7. The molecule has 0 unspecified atom stereocenters. The Balaban J connectivity index is 1.83. The van der Waals surface area contributed by atoms with Gasteiger partial charge in [0.2, 0.25) is 6.29 Å². The van der Waals surface area contributed by atoms with Gasteiger partial charge >= 0.3 is 5.97 Å². The van der Waals surface area contributed by atoms with Crippen LogP contribution in [0.1, 0.15) is 13.8 Å². The van der Waals surface area contributed by atoms with Gasteiger partial charge in [-0.15, -0.1) is 0 Å². The van der Waals surface area contributed by atoms with Crippen LogP contribution in [-0.4, -0.2) is 110 Å². The lowest BCUT2D eigenvalue weighted by Crippen LogP contribution is -2.64. The minimum atomic E-state index is -1.87. The van der Waals surface area contributed by atoms with Crippen molar-refractivity contribution in [2.45, 2.75) is 75.2 Å². The van der Waals surface area contributed by atoms with E-state index in [1.165, 1.54) is 0 Å². The number of carboxylic acid groups (broad SMARTS) is 1. The number of nitrogens with zero attached hydrogens (tertiary/aromatic N) is 1. The van der Waals surface area contributed by atoms with Gasteiger partial charge in [0.15, 0.2) is 18.3 Å². The third kappa shape index (κ3) is 3.74. The van der Waals surface area contributed by atoms with Gasteiger partial charge in [-0.1, -0.05) is 13.8 Å². The fourth-order valence-electron chi connectivity index (χ4n) is 3.35. The van der Waals surface area contributed by atoms with Gasteiger partial charge in [0.25, 0.3) is 0 Å². The molecule has 3 aliphatic heterocycles. The zero-order valence-electron chi connectivity index (χ0n) is 15.2. The van der Waals surface area contributed by atoms with Crippen LogP contribution in [-0.2, 0) is 23.7 Å². The smallest absolute Gasteiger partial charge is 0.335 e. The van der Waals surface area contributed by atoms with Crippen molar-refractivity contribution in [2.24, 2.45) is 10.9 Å². The Labute approximate surface area is 159 Å². The number of carboxylic acids is 1. The second kappa shape index (κ2) is 8.16. The Bertz CT molecular complexity index is 613. The van der Waals surface area contributed by atoms with E-state index in [4.69, 9.17) is 24.1 Å². The number of carbonyl (C=O) groups is 1. The summed E-state index contributed by atoms with van der Waals surface area (Å²) in [6, 6.07) is -0.877. The van der Waals surface area contributed by atoms with Gasteiger partial charge < -0.3 is 49.6 Å². The number of aliphatic carboxylic acids is 1. The van der Waals surface area contributed by atoms with Crippen molar-refractivity contribution in [1.29, 1.82) is 0 Å². The van der Waals surface area contributed by atoms with E-state index in [0.29, 0.717) is 5.90 Å². The van der Waals surface area contributed by atoms with E-state index in [1.54, 1.807) is 0 Å². The van der Waals surface area contributed by atoms with Crippen molar-refractivity contribution in [1.82, 2.24) is 0 Å². The molecule has 0 amide bonds. The quantitative estimate of drug-likeness (QED) is 0.269. The van der Waals surface area contributed by atoms with Crippen LogP contribution < -0.4 is 0 Å². The molecule has 2 fully saturated rings. The highest BCUT2D eigenvalue weighted by molar-refractivity contribution is 5.80. The van der Waals surface area contributed by atoms with E-state index in [0.717, 1.165) is 0 Å². The summed E-state index contributed by atoms with van der Waals surface area (Å²) in [7, 11) is 0. The molecule has 6 N–H and O–H groups in total. The van der Waals surface area contributed by atoms with Crippen LogP contribution in [0.3, 0.4) is 0 Å². The molecule has 0 aromatic carbocycles. The van der Waals surface area contributed by atoms with Crippen LogP contribution in [0.2, 0.25) is 0 Å². The Hall–Kier alpha value is -1.38. The number of aliphatic hydroxyl groups excluding tert-OH is 5. The summed E-state index contributed by atoms with van der Waals surface area (Å²) >= 11 is 0. The Morgan fingerprint density at radius 3 is 2.36 bits per heavy atom. The van der Waals surface area contributed by atoms with Gasteiger partial charge in [0, 0.05) is 5.92 Å². The van der Waals surface area contributed by atoms with Gasteiger partial charge in [-0.05, 0) is 0 Å². The Morgan fingerprint density at radius 2 is 1.79 bits per heavy atom. The molecule has 0 radical (unpaired) electrons. The zero-order valence-corrected chi connectivity index (χ0v) is 15.2. The highest BCUT2D eigenvalue weighted by atomic mass is 16.7. The maximum Gasteiger partial charge on any atom is 0.335 e. The number of fused-ring (bicyclic) bond motifs is 1. The van der Waals surface area contributed by atoms with Gasteiger partial charge in [0.05, 0.1) is 6.61 Å². The molecule has 10 atom stereocenters. The summed E-state index contributed by atoms with van der Waals surface area (Å²) in [4.78, 5) is 15.6. The summed E-state index contributed by atoms with van der Waals surface area (Å²) in [5.41, 5.74) is 0. The molecule has 0 aromatic rings. The van der Waals surface area contributed by atoms with Crippen LogP contribution in [0.4, 0.5) is 0 Å². The van der Waals surface area contributed by atoms with E-state index in [2.05, 4.69) is 4.99 Å². The first-order valence-electron chi connectivity index (χ1n) is 8.92. The number of rotatable bonds is 5. The van der Waals surface area contributed by atoms with Crippen LogP contribution in [0, 0.1) is 5.92 Å². The molecule has 0 saturated carbocycles. The lowest BCUT2D eigenvalue weighted by atomic mass is 9.96. The number of hydrogen-bond acceptors (Lipinski definition) is 11. The second-order valence-electron chi connectivity index (χ2n) is 7.28. The van der Waals surface area contributed by atoms with Crippen molar-refractivity contribution in [3.63, 3.8) is 0 Å². The van der Waals surface area contributed by atoms with E-state index in [1.807, 2.05) is 13.8 Å². The summed E-state index contributed by atoms with van der Waals surface area (Å²) in [5, 5.41) is 58.9. The number of aliphatic hydroxyl groups is 5. The molecule has 3 heterocycles. The fourth-order valence-corrected chi connectivity index (χ4v) is 3.35. The molecule has 0 spiro atoms. The third-order valence-electron chi connectivity index (χ3n) is 4.93. The maximum absolute atomic E-state index is 11.2. The van der Waals surface area contributed by atoms with Crippen molar-refractivity contribution < 1.29 is 54.4 Å². The summed E-state index contributed by atoms with van der Waals surface area (Å²) in [6.45, 7) is 3.10. The molecule has 0 aliphatic carbocycles. The predicted molar refractivity (Wildman–Crippen MR) is 88.1 cm³/mol. The topological polar surface area (TPSA) is 188 Å². The fraction of sp³-hybridized carbons (Fsp3) is 0.875. The molecule has 0 bridgehead atoms. The molecule has 0 aromatic heterocycles. The lowest BCUT2D eigenvalue weighted by molar-refractivity contribution is -0.331. The standard InChI is InChI=1S/C16H25NO11/c1-4(2)13-17-6-11(7(19)5(3-18)25-15(6)28-13)26-16-10(22)8(20)9(21)12(27-16)14(23)24/h4-12,15-16,18-22H,3H2,1-2H3,(H,23,24)/t5-,6-,7-,8+,9+,10-,11-,12+,15-,16-/m1/s1. The van der Waals surface area contributed by atoms with E-state index in [9.17, 15) is 30.3 Å². The summed E-state index contributed by atoms with van der Waals surface area (Å²) < 4.78 is 21.8. The molecular weight excluding hydrogens is 382 g/mol. The normalized spacial score (nSPS) is 46.1. The molecule has 3 rings (SSSR count). The molecule has 160 valence electrons. The van der Waals surface area contributed by atoms with Gasteiger partial charge in [-0.2, -0.15) is 0 Å². The first-order valence-corrected chi connectivity index (χ1v) is 8.92. The lowest BCUT2D eigenvalue weighted by Gasteiger charge is -2.44. The number of hydrogen-bond donors (Lipinski definition) is 6. The van der Waals surface area contributed by atoms with Gasteiger partial charge in [-0.25, -0.2) is 9.79 Å². The number of aliphatic imine (C=N–C) groups is 1.